The van der Waals surface area contributed by atoms with Crippen LogP contribution in [0.2, 0.25) is 0 Å². The van der Waals surface area contributed by atoms with Crippen LogP contribution in [0.3, 0.4) is 0 Å². The van der Waals surface area contributed by atoms with Crippen molar-refractivity contribution in [3.05, 3.63) is 48.4 Å². The molecule has 0 radical (unpaired) electrons. The van der Waals surface area contributed by atoms with E-state index >= 15 is 0 Å². The van der Waals surface area contributed by atoms with Crippen LogP contribution in [-0.4, -0.2) is 73.1 Å². The first-order chi connectivity index (χ1) is 16.2. The lowest BCUT2D eigenvalue weighted by atomic mass is 9.97. The topological polar surface area (TPSA) is 64.6 Å². The van der Waals surface area contributed by atoms with Gasteiger partial charge in [0.25, 0.3) is 0 Å². The summed E-state index contributed by atoms with van der Waals surface area (Å²) in [6.45, 7) is 6.41. The molecule has 2 fully saturated rings. The highest BCUT2D eigenvalue weighted by Gasteiger charge is 2.27. The van der Waals surface area contributed by atoms with Crippen LogP contribution in [0.5, 0.6) is 0 Å². The maximum Gasteiger partial charge on any atom is 0.224 e. The van der Waals surface area contributed by atoms with E-state index in [-0.39, 0.29) is 17.6 Å². The van der Waals surface area contributed by atoms with Gasteiger partial charge in [-0.1, -0.05) is 23.5 Å². The number of amides is 1. The zero-order valence-electron chi connectivity index (χ0n) is 18.6. The highest BCUT2D eigenvalue weighted by Crippen LogP contribution is 2.30. The van der Waals surface area contributed by atoms with Gasteiger partial charge in [-0.05, 0) is 37.1 Å². The number of hydrogen-bond acceptors (Lipinski definition) is 7. The second kappa shape index (κ2) is 10.0. The average molecular weight is 469 g/mol. The number of aromatic nitrogens is 2. The molecule has 5 rings (SSSR count). The monoisotopic (exact) mass is 468 g/mol. The van der Waals surface area contributed by atoms with Gasteiger partial charge in [0.1, 0.15) is 16.2 Å². The average Bonchev–Trinajstić information content (AvgIpc) is 3.29. The van der Waals surface area contributed by atoms with E-state index in [9.17, 15) is 9.18 Å². The van der Waals surface area contributed by atoms with E-state index in [0.717, 1.165) is 67.6 Å². The molecule has 2 aliphatic heterocycles. The Balaban J connectivity index is 1.07. The molecule has 0 aliphatic carbocycles. The molecule has 1 atom stereocenters. The number of anilines is 2. The van der Waals surface area contributed by atoms with Crippen LogP contribution in [0.15, 0.2) is 42.6 Å². The SMILES string of the molecule is O=C(NCCN1CCN(c2ccccc2F)CC1)[C@H]1CCCN(c2nc3cccnc3s2)C1. The van der Waals surface area contributed by atoms with Crippen molar-refractivity contribution in [2.75, 3.05) is 62.2 Å². The molecule has 2 aliphatic rings. The van der Waals surface area contributed by atoms with Gasteiger partial charge in [0.2, 0.25) is 5.91 Å². The number of rotatable bonds is 6. The molecule has 1 aromatic carbocycles. The first-order valence-electron chi connectivity index (χ1n) is 11.6. The van der Waals surface area contributed by atoms with Gasteiger partial charge in [-0.25, -0.2) is 14.4 Å². The van der Waals surface area contributed by atoms with Gasteiger partial charge in [0, 0.05) is 58.6 Å². The van der Waals surface area contributed by atoms with Gasteiger partial charge >= 0.3 is 0 Å². The number of piperidine rings is 1. The molecule has 9 heteroatoms. The van der Waals surface area contributed by atoms with Crippen molar-refractivity contribution in [3.8, 4) is 0 Å². The fourth-order valence-corrected chi connectivity index (χ4v) is 5.60. The minimum atomic E-state index is -0.165. The first-order valence-corrected chi connectivity index (χ1v) is 12.4. The maximum atomic E-state index is 14.0. The Morgan fingerprint density at radius 2 is 1.94 bits per heavy atom. The summed E-state index contributed by atoms with van der Waals surface area (Å²) in [5.74, 6) is -0.0533. The summed E-state index contributed by atoms with van der Waals surface area (Å²) >= 11 is 1.59. The van der Waals surface area contributed by atoms with Gasteiger partial charge in [-0.15, -0.1) is 0 Å². The third kappa shape index (κ3) is 5.09. The predicted octanol–water partition coefficient (Wildman–Crippen LogP) is 2.99. The quantitative estimate of drug-likeness (QED) is 0.600. The second-order valence-corrected chi connectivity index (χ2v) is 9.64. The van der Waals surface area contributed by atoms with Crippen LogP contribution < -0.4 is 15.1 Å². The number of benzene rings is 1. The summed E-state index contributed by atoms with van der Waals surface area (Å²) in [5.41, 5.74) is 1.59. The number of fused-ring (bicyclic) bond motifs is 1. The van der Waals surface area contributed by atoms with E-state index in [0.29, 0.717) is 18.8 Å². The van der Waals surface area contributed by atoms with Crippen LogP contribution in [0, 0.1) is 11.7 Å². The van der Waals surface area contributed by atoms with E-state index < -0.39 is 0 Å². The highest BCUT2D eigenvalue weighted by atomic mass is 32.1. The van der Waals surface area contributed by atoms with E-state index in [1.54, 1.807) is 23.6 Å². The molecule has 1 N–H and O–H groups in total. The third-order valence-electron chi connectivity index (χ3n) is 6.51. The van der Waals surface area contributed by atoms with Gasteiger partial charge in [0.15, 0.2) is 5.13 Å². The summed E-state index contributed by atoms with van der Waals surface area (Å²) in [6.07, 6.45) is 3.68. The van der Waals surface area contributed by atoms with Gasteiger partial charge in [0.05, 0.1) is 11.6 Å². The molecule has 2 saturated heterocycles. The number of halogens is 1. The zero-order chi connectivity index (χ0) is 22.6. The number of carbonyl (C=O) groups is 1. The minimum Gasteiger partial charge on any atom is -0.367 e. The first kappa shape index (κ1) is 22.0. The van der Waals surface area contributed by atoms with Crippen molar-refractivity contribution in [1.29, 1.82) is 0 Å². The van der Waals surface area contributed by atoms with Crippen LogP contribution in [0.25, 0.3) is 10.3 Å². The van der Waals surface area contributed by atoms with E-state index in [4.69, 9.17) is 4.98 Å². The normalized spacial score (nSPS) is 19.7. The highest BCUT2D eigenvalue weighted by molar-refractivity contribution is 7.21. The fraction of sp³-hybridized carbons (Fsp3) is 0.458. The molecule has 3 aromatic rings. The van der Waals surface area contributed by atoms with E-state index in [1.807, 2.05) is 24.3 Å². The number of thiazole rings is 1. The van der Waals surface area contributed by atoms with E-state index in [1.165, 1.54) is 6.07 Å². The summed E-state index contributed by atoms with van der Waals surface area (Å²) in [7, 11) is 0. The lowest BCUT2D eigenvalue weighted by Gasteiger charge is -2.36. The number of hydrogen-bond donors (Lipinski definition) is 1. The molecule has 0 unspecified atom stereocenters. The standard InChI is InChI=1S/C24H29FN6OS/c25-19-6-1-2-8-21(19)30-15-13-29(14-16-30)12-10-26-22(32)18-5-4-11-31(17-18)24-28-20-7-3-9-27-23(20)33-24/h1-3,6-9,18H,4-5,10-17H2,(H,26,32)/t18-/m0/s1. The summed E-state index contributed by atoms with van der Waals surface area (Å²) in [4.78, 5) is 29.5. The number of carbonyl (C=O) groups excluding carboxylic acids is 1. The zero-order valence-corrected chi connectivity index (χ0v) is 19.4. The Labute approximate surface area is 197 Å². The van der Waals surface area contributed by atoms with Gasteiger partial charge in [-0.3, -0.25) is 9.69 Å². The number of pyridine rings is 1. The van der Waals surface area contributed by atoms with Crippen LogP contribution in [-0.2, 0) is 4.79 Å². The lowest BCUT2D eigenvalue weighted by molar-refractivity contribution is -0.125. The molecule has 1 amide bonds. The Morgan fingerprint density at radius 3 is 2.76 bits per heavy atom. The largest absolute Gasteiger partial charge is 0.367 e. The molecular formula is C24H29FN6OS. The smallest absolute Gasteiger partial charge is 0.224 e. The molecule has 7 nitrogen and oxygen atoms in total. The molecule has 4 heterocycles. The second-order valence-electron chi connectivity index (χ2n) is 8.68. The number of para-hydroxylation sites is 1. The fourth-order valence-electron chi connectivity index (χ4n) is 4.66. The van der Waals surface area contributed by atoms with Crippen molar-refractivity contribution < 1.29 is 9.18 Å². The Kier molecular flexibility index (Phi) is 6.68. The van der Waals surface area contributed by atoms with Crippen LogP contribution in [0.4, 0.5) is 15.2 Å². The summed E-state index contributed by atoms with van der Waals surface area (Å²) in [6, 6.07) is 10.8. The maximum absolute atomic E-state index is 14.0. The Morgan fingerprint density at radius 1 is 1.09 bits per heavy atom. The molecule has 2 aromatic heterocycles. The van der Waals surface area contributed by atoms with Crippen LogP contribution in [0.1, 0.15) is 12.8 Å². The van der Waals surface area contributed by atoms with Crippen molar-refractivity contribution in [2.45, 2.75) is 12.8 Å². The number of nitrogens with zero attached hydrogens (tertiary/aromatic N) is 5. The third-order valence-corrected chi connectivity index (χ3v) is 7.55. The van der Waals surface area contributed by atoms with Crippen molar-refractivity contribution in [2.24, 2.45) is 5.92 Å². The number of nitrogens with one attached hydrogen (secondary N) is 1. The Hall–Kier alpha value is -2.78. The summed E-state index contributed by atoms with van der Waals surface area (Å²) in [5, 5.41) is 4.09. The molecule has 0 saturated carbocycles. The molecular weight excluding hydrogens is 439 g/mol. The van der Waals surface area contributed by atoms with Crippen molar-refractivity contribution in [3.63, 3.8) is 0 Å². The van der Waals surface area contributed by atoms with Crippen molar-refractivity contribution >= 4 is 38.4 Å². The lowest BCUT2D eigenvalue weighted by Crippen LogP contribution is -2.49. The predicted molar refractivity (Wildman–Crippen MR) is 130 cm³/mol. The molecule has 0 spiro atoms. The van der Waals surface area contributed by atoms with Crippen LogP contribution >= 0.6 is 11.3 Å². The Bertz CT molecular complexity index is 1070. The van der Waals surface area contributed by atoms with Crippen molar-refractivity contribution in [1.82, 2.24) is 20.2 Å². The summed E-state index contributed by atoms with van der Waals surface area (Å²) < 4.78 is 14.0. The van der Waals surface area contributed by atoms with E-state index in [2.05, 4.69) is 25.0 Å². The number of piperazine rings is 1. The van der Waals surface area contributed by atoms with Gasteiger partial charge < -0.3 is 15.1 Å². The molecule has 0 bridgehead atoms. The molecule has 33 heavy (non-hydrogen) atoms. The minimum absolute atomic E-state index is 0.0170. The molecule has 174 valence electrons. The van der Waals surface area contributed by atoms with Gasteiger partial charge in [-0.2, -0.15) is 0 Å².